The number of nitrogens with one attached hydrogen (secondary N) is 1. The SMILES string of the molecule is CC(=O)N1CCN(C(=O)CN2C(=O)N[C@@]3(CCCc4ccccc43)C2=O)CC1. The summed E-state index contributed by atoms with van der Waals surface area (Å²) >= 11 is 0. The van der Waals surface area contributed by atoms with Crippen LogP contribution in [-0.4, -0.2) is 71.2 Å². The highest BCUT2D eigenvalue weighted by atomic mass is 16.2. The van der Waals surface area contributed by atoms with Crippen LogP contribution in [0.1, 0.15) is 30.9 Å². The molecule has 2 saturated heterocycles. The zero-order valence-electron chi connectivity index (χ0n) is 15.9. The lowest BCUT2D eigenvalue weighted by Gasteiger charge is -2.35. The Labute approximate surface area is 163 Å². The Balaban J connectivity index is 1.49. The fraction of sp³-hybridized carbons (Fsp3) is 0.500. The maximum absolute atomic E-state index is 13.2. The summed E-state index contributed by atoms with van der Waals surface area (Å²) < 4.78 is 0. The number of imide groups is 1. The van der Waals surface area contributed by atoms with Gasteiger partial charge in [-0.25, -0.2) is 4.79 Å². The van der Waals surface area contributed by atoms with E-state index in [1.165, 1.54) is 6.92 Å². The highest BCUT2D eigenvalue weighted by Crippen LogP contribution is 2.39. The van der Waals surface area contributed by atoms with Gasteiger partial charge < -0.3 is 15.1 Å². The predicted molar refractivity (Wildman–Crippen MR) is 100 cm³/mol. The Hall–Kier alpha value is -2.90. The lowest BCUT2D eigenvalue weighted by Crippen LogP contribution is -2.53. The topological polar surface area (TPSA) is 90.0 Å². The van der Waals surface area contributed by atoms with Crippen molar-refractivity contribution in [2.45, 2.75) is 31.7 Å². The van der Waals surface area contributed by atoms with Crippen LogP contribution in [0.3, 0.4) is 0 Å². The van der Waals surface area contributed by atoms with Gasteiger partial charge in [-0.3, -0.25) is 19.3 Å². The Morgan fingerprint density at radius 1 is 1.07 bits per heavy atom. The Kier molecular flexibility index (Phi) is 4.56. The molecular weight excluding hydrogens is 360 g/mol. The van der Waals surface area contributed by atoms with E-state index in [4.69, 9.17) is 0 Å². The first kappa shape index (κ1) is 18.5. The molecule has 4 rings (SSSR count). The highest BCUT2D eigenvalue weighted by Gasteiger charge is 2.54. The minimum Gasteiger partial charge on any atom is -0.339 e. The van der Waals surface area contributed by atoms with E-state index in [1.54, 1.807) is 9.80 Å². The summed E-state index contributed by atoms with van der Waals surface area (Å²) in [6.07, 6.45) is 2.22. The van der Waals surface area contributed by atoms with Gasteiger partial charge in [0.1, 0.15) is 12.1 Å². The van der Waals surface area contributed by atoms with Crippen molar-refractivity contribution in [3.8, 4) is 0 Å². The first-order valence-corrected chi connectivity index (χ1v) is 9.68. The van der Waals surface area contributed by atoms with Gasteiger partial charge in [0.25, 0.3) is 5.91 Å². The Morgan fingerprint density at radius 2 is 1.75 bits per heavy atom. The van der Waals surface area contributed by atoms with Crippen LogP contribution < -0.4 is 5.32 Å². The van der Waals surface area contributed by atoms with Gasteiger partial charge in [0.05, 0.1) is 0 Å². The van der Waals surface area contributed by atoms with Crippen LogP contribution in [0.2, 0.25) is 0 Å². The molecule has 1 N–H and O–H groups in total. The van der Waals surface area contributed by atoms with Gasteiger partial charge in [-0.1, -0.05) is 24.3 Å². The van der Waals surface area contributed by atoms with Crippen molar-refractivity contribution in [1.82, 2.24) is 20.0 Å². The third-order valence-electron chi connectivity index (χ3n) is 6.02. The quantitative estimate of drug-likeness (QED) is 0.750. The molecule has 0 unspecified atom stereocenters. The largest absolute Gasteiger partial charge is 0.339 e. The molecule has 0 aromatic heterocycles. The summed E-state index contributed by atoms with van der Waals surface area (Å²) in [5.41, 5.74) is 0.847. The van der Waals surface area contributed by atoms with Crippen LogP contribution in [0.25, 0.3) is 0 Å². The molecule has 3 aliphatic rings. The number of aryl methyl sites for hydroxylation is 1. The molecule has 1 aromatic rings. The van der Waals surface area contributed by atoms with Crippen molar-refractivity contribution in [1.29, 1.82) is 0 Å². The van der Waals surface area contributed by atoms with Gasteiger partial charge >= 0.3 is 6.03 Å². The average molecular weight is 384 g/mol. The molecule has 0 bridgehead atoms. The summed E-state index contributed by atoms with van der Waals surface area (Å²) in [6, 6.07) is 7.16. The number of hydrogen-bond acceptors (Lipinski definition) is 4. The number of piperazine rings is 1. The molecule has 0 saturated carbocycles. The maximum Gasteiger partial charge on any atom is 0.325 e. The zero-order valence-corrected chi connectivity index (χ0v) is 15.9. The number of urea groups is 1. The maximum atomic E-state index is 13.2. The van der Waals surface area contributed by atoms with Gasteiger partial charge in [0, 0.05) is 33.1 Å². The van der Waals surface area contributed by atoms with Crippen LogP contribution in [0.5, 0.6) is 0 Å². The molecule has 2 heterocycles. The van der Waals surface area contributed by atoms with Gasteiger partial charge in [-0.15, -0.1) is 0 Å². The van der Waals surface area contributed by atoms with E-state index in [0.717, 1.165) is 28.9 Å². The number of carbonyl (C=O) groups is 4. The van der Waals surface area contributed by atoms with Crippen molar-refractivity contribution >= 4 is 23.8 Å². The van der Waals surface area contributed by atoms with Crippen molar-refractivity contribution in [2.24, 2.45) is 0 Å². The molecule has 1 aromatic carbocycles. The molecule has 8 heteroatoms. The lowest BCUT2D eigenvalue weighted by atomic mass is 9.76. The third kappa shape index (κ3) is 2.93. The summed E-state index contributed by atoms with van der Waals surface area (Å²) in [5.74, 6) is -0.632. The molecule has 5 amide bonds. The van der Waals surface area contributed by atoms with Gasteiger partial charge in [0.15, 0.2) is 0 Å². The molecular formula is C20H24N4O4. The van der Waals surface area contributed by atoms with Crippen molar-refractivity contribution in [3.05, 3.63) is 35.4 Å². The van der Waals surface area contributed by atoms with Crippen molar-refractivity contribution in [3.63, 3.8) is 0 Å². The molecule has 1 aliphatic carbocycles. The second-order valence-corrected chi connectivity index (χ2v) is 7.62. The van der Waals surface area contributed by atoms with E-state index in [2.05, 4.69) is 5.32 Å². The number of amides is 5. The Morgan fingerprint density at radius 3 is 2.46 bits per heavy atom. The second-order valence-electron chi connectivity index (χ2n) is 7.62. The van der Waals surface area contributed by atoms with E-state index >= 15 is 0 Å². The van der Waals surface area contributed by atoms with Gasteiger partial charge in [-0.2, -0.15) is 0 Å². The number of fused-ring (bicyclic) bond motifs is 2. The fourth-order valence-corrected chi connectivity index (χ4v) is 4.46. The summed E-state index contributed by atoms with van der Waals surface area (Å²) in [4.78, 5) is 54.3. The predicted octanol–water partition coefficient (Wildman–Crippen LogP) is 0.461. The van der Waals surface area contributed by atoms with Crippen molar-refractivity contribution in [2.75, 3.05) is 32.7 Å². The van der Waals surface area contributed by atoms with Gasteiger partial charge in [-0.05, 0) is 30.4 Å². The Bertz CT molecular complexity index is 846. The minimum absolute atomic E-state index is 0.0147. The molecule has 148 valence electrons. The number of nitrogens with zero attached hydrogens (tertiary/aromatic N) is 3. The monoisotopic (exact) mass is 384 g/mol. The number of benzene rings is 1. The first-order chi connectivity index (χ1) is 13.4. The number of rotatable bonds is 2. The molecule has 0 radical (unpaired) electrons. The minimum atomic E-state index is -1.06. The van der Waals surface area contributed by atoms with E-state index in [-0.39, 0.29) is 24.3 Å². The van der Waals surface area contributed by atoms with E-state index < -0.39 is 11.6 Å². The second kappa shape index (κ2) is 6.92. The van der Waals surface area contributed by atoms with Gasteiger partial charge in [0.2, 0.25) is 11.8 Å². The normalized spacial score (nSPS) is 24.4. The molecule has 2 aliphatic heterocycles. The lowest BCUT2D eigenvalue weighted by molar-refractivity contribution is -0.142. The first-order valence-electron chi connectivity index (χ1n) is 9.68. The average Bonchev–Trinajstić information content (AvgIpc) is 2.93. The zero-order chi connectivity index (χ0) is 19.9. The standard InChI is InChI=1S/C20H24N4O4/c1-14(25)22-9-11-23(12-10-22)17(26)13-24-18(27)20(21-19(24)28)8-4-6-15-5-2-3-7-16(15)20/h2-3,5,7H,4,6,8-13H2,1H3,(H,21,28)/t20-/m1/s1. The highest BCUT2D eigenvalue weighted by molar-refractivity contribution is 6.09. The molecule has 2 fully saturated rings. The number of hydrogen-bond donors (Lipinski definition) is 1. The molecule has 8 nitrogen and oxygen atoms in total. The molecule has 1 spiro atoms. The summed E-state index contributed by atoms with van der Waals surface area (Å²) in [6.45, 7) is 3.00. The van der Waals surface area contributed by atoms with E-state index in [1.807, 2.05) is 24.3 Å². The van der Waals surface area contributed by atoms with Crippen LogP contribution >= 0.6 is 0 Å². The van der Waals surface area contributed by atoms with Crippen LogP contribution in [-0.2, 0) is 26.3 Å². The fourth-order valence-electron chi connectivity index (χ4n) is 4.46. The number of carbonyl (C=O) groups excluding carboxylic acids is 4. The van der Waals surface area contributed by atoms with E-state index in [9.17, 15) is 19.2 Å². The summed E-state index contributed by atoms with van der Waals surface area (Å²) in [5, 5.41) is 2.87. The molecule has 28 heavy (non-hydrogen) atoms. The van der Waals surface area contributed by atoms with Crippen LogP contribution in [0.15, 0.2) is 24.3 Å². The smallest absolute Gasteiger partial charge is 0.325 e. The third-order valence-corrected chi connectivity index (χ3v) is 6.02. The van der Waals surface area contributed by atoms with Crippen molar-refractivity contribution < 1.29 is 19.2 Å². The van der Waals surface area contributed by atoms with Crippen LogP contribution in [0, 0.1) is 0 Å². The molecule has 1 atom stereocenters. The summed E-state index contributed by atoms with van der Waals surface area (Å²) in [7, 11) is 0. The van der Waals surface area contributed by atoms with Crippen LogP contribution in [0.4, 0.5) is 4.79 Å². The van der Waals surface area contributed by atoms with E-state index in [0.29, 0.717) is 32.6 Å².